The Labute approximate surface area is 71.4 Å². The minimum atomic E-state index is 0. The average molecular weight is 183 g/mol. The second kappa shape index (κ2) is 2.93. The van der Waals surface area contributed by atoms with E-state index in [4.69, 9.17) is 0 Å². The van der Waals surface area contributed by atoms with E-state index < -0.39 is 0 Å². The molecular weight excluding hydrogens is 177 g/mol. The number of fused-ring (bicyclic) bond motifs is 1. The Morgan fingerprint density at radius 1 is 1.20 bits per heavy atom. The molecule has 0 N–H and O–H groups in total. The van der Waals surface area contributed by atoms with Gasteiger partial charge in [0.25, 0.3) is 0 Å². The van der Waals surface area contributed by atoms with E-state index in [1.807, 2.05) is 24.3 Å². The molecule has 0 atom stereocenters. The summed E-state index contributed by atoms with van der Waals surface area (Å²) in [7, 11) is 0. The van der Waals surface area contributed by atoms with Gasteiger partial charge in [0.2, 0.25) is 0 Å². The smallest absolute Gasteiger partial charge is 0 e. The molecule has 1 heterocycles. The number of aromatic nitrogens is 2. The summed E-state index contributed by atoms with van der Waals surface area (Å²) in [5.41, 5.74) is 1.94. The van der Waals surface area contributed by atoms with Crippen molar-refractivity contribution in [3.8, 4) is 0 Å². The Morgan fingerprint density at radius 3 is 2.80 bits per heavy atom. The van der Waals surface area contributed by atoms with Crippen molar-refractivity contribution in [3.05, 3.63) is 30.6 Å². The van der Waals surface area contributed by atoms with Crippen LogP contribution in [0.2, 0.25) is 0 Å². The number of hydrogen-bond donors (Lipinski definition) is 0. The molecule has 0 saturated carbocycles. The normalized spacial score (nSPS) is 9.20. The zero-order chi connectivity index (χ0) is 6.10. The third-order valence-corrected chi connectivity index (χ3v) is 1.28. The number of imidazole rings is 1. The van der Waals surface area contributed by atoms with Gasteiger partial charge in [-0.25, -0.2) is 0 Å². The Bertz CT molecular complexity index is 286. The van der Waals surface area contributed by atoms with Gasteiger partial charge in [-0.15, -0.1) is 0 Å². The molecular formula is C7H5N2Zn-. The van der Waals surface area contributed by atoms with Crippen LogP contribution in [-0.2, 0) is 19.5 Å². The third-order valence-electron chi connectivity index (χ3n) is 1.28. The molecule has 0 aliphatic carbocycles. The van der Waals surface area contributed by atoms with Crippen molar-refractivity contribution < 1.29 is 19.5 Å². The molecule has 0 saturated heterocycles. The minimum Gasteiger partial charge on any atom is -0.443 e. The van der Waals surface area contributed by atoms with Gasteiger partial charge in [-0.05, 0) is 11.0 Å². The molecule has 2 rings (SSSR count). The van der Waals surface area contributed by atoms with Crippen molar-refractivity contribution in [2.75, 3.05) is 0 Å². The maximum Gasteiger partial charge on any atom is 0 e. The van der Waals surface area contributed by atoms with E-state index in [0.717, 1.165) is 11.0 Å². The van der Waals surface area contributed by atoms with Gasteiger partial charge in [0, 0.05) is 19.5 Å². The van der Waals surface area contributed by atoms with E-state index in [2.05, 4.69) is 9.97 Å². The first-order valence-electron chi connectivity index (χ1n) is 2.79. The minimum absolute atomic E-state index is 0. The van der Waals surface area contributed by atoms with Crippen LogP contribution < -0.4 is 4.98 Å². The largest absolute Gasteiger partial charge is 0.443 e. The molecule has 10 heavy (non-hydrogen) atoms. The van der Waals surface area contributed by atoms with Gasteiger partial charge in [0.05, 0.1) is 0 Å². The van der Waals surface area contributed by atoms with Crippen LogP contribution >= 0.6 is 0 Å². The molecule has 1 aromatic heterocycles. The number of nitrogens with zero attached hydrogens (tertiary/aromatic N) is 2. The summed E-state index contributed by atoms with van der Waals surface area (Å²) in [5, 5.41) is 0. The zero-order valence-corrected chi connectivity index (χ0v) is 8.46. The predicted octanol–water partition coefficient (Wildman–Crippen LogP) is 1.19. The van der Waals surface area contributed by atoms with E-state index in [-0.39, 0.29) is 19.5 Å². The van der Waals surface area contributed by atoms with Crippen LogP contribution in [0.5, 0.6) is 0 Å². The van der Waals surface area contributed by atoms with Crippen molar-refractivity contribution in [2.45, 2.75) is 0 Å². The summed E-state index contributed by atoms with van der Waals surface area (Å²) >= 11 is 0. The summed E-state index contributed by atoms with van der Waals surface area (Å²) < 4.78 is 0. The van der Waals surface area contributed by atoms with Crippen LogP contribution in [0.15, 0.2) is 30.6 Å². The number of hydrogen-bond acceptors (Lipinski definition) is 1. The number of rotatable bonds is 0. The summed E-state index contributed by atoms with van der Waals surface area (Å²) in [4.78, 5) is 8.02. The fourth-order valence-electron chi connectivity index (χ4n) is 0.836. The van der Waals surface area contributed by atoms with Gasteiger partial charge in [-0.2, -0.15) is 0 Å². The molecule has 46 valence electrons. The molecule has 3 heteroatoms. The Morgan fingerprint density at radius 2 is 2.00 bits per heavy atom. The first-order valence-corrected chi connectivity index (χ1v) is 2.79. The quantitative estimate of drug-likeness (QED) is 0.573. The molecule has 0 aliphatic heterocycles. The van der Waals surface area contributed by atoms with Crippen molar-refractivity contribution in [1.82, 2.24) is 9.97 Å². The topological polar surface area (TPSA) is 27.0 Å². The number of benzene rings is 1. The number of para-hydroxylation sites is 2. The van der Waals surface area contributed by atoms with E-state index in [0.29, 0.717) is 0 Å². The van der Waals surface area contributed by atoms with E-state index in [9.17, 15) is 0 Å². The van der Waals surface area contributed by atoms with E-state index >= 15 is 0 Å². The van der Waals surface area contributed by atoms with Crippen LogP contribution in [0, 0.1) is 0 Å². The molecule has 0 aliphatic rings. The van der Waals surface area contributed by atoms with Crippen LogP contribution in [-0.4, -0.2) is 4.98 Å². The summed E-state index contributed by atoms with van der Waals surface area (Å²) in [6.45, 7) is 0. The molecule has 0 fully saturated rings. The van der Waals surface area contributed by atoms with Crippen LogP contribution in [0.3, 0.4) is 0 Å². The molecule has 2 nitrogen and oxygen atoms in total. The van der Waals surface area contributed by atoms with Gasteiger partial charge < -0.3 is 9.97 Å². The summed E-state index contributed by atoms with van der Waals surface area (Å²) in [6, 6.07) is 7.80. The van der Waals surface area contributed by atoms with E-state index in [1.54, 1.807) is 6.33 Å². The fraction of sp³-hybridized carbons (Fsp3) is 0. The fourth-order valence-corrected chi connectivity index (χ4v) is 0.836. The maximum absolute atomic E-state index is 4.01. The van der Waals surface area contributed by atoms with Crippen molar-refractivity contribution >= 4 is 11.0 Å². The first-order chi connectivity index (χ1) is 4.47. The van der Waals surface area contributed by atoms with Gasteiger partial charge in [-0.3, -0.25) is 0 Å². The van der Waals surface area contributed by atoms with Gasteiger partial charge >= 0.3 is 0 Å². The SMILES string of the molecule is [Zn].c1ccc2[n-]cnc2c1. The molecule has 0 spiro atoms. The van der Waals surface area contributed by atoms with Gasteiger partial charge in [0.15, 0.2) is 0 Å². The monoisotopic (exact) mass is 181 g/mol. The second-order valence-corrected chi connectivity index (χ2v) is 1.86. The molecule has 0 unspecified atom stereocenters. The van der Waals surface area contributed by atoms with Gasteiger partial charge in [0.1, 0.15) is 0 Å². The average Bonchev–Trinajstić information content (AvgIpc) is 2.33. The Hall–Kier alpha value is -0.687. The van der Waals surface area contributed by atoms with Crippen LogP contribution in [0.25, 0.3) is 11.0 Å². The molecule has 0 amide bonds. The molecule has 2 aromatic rings. The van der Waals surface area contributed by atoms with Crippen molar-refractivity contribution in [2.24, 2.45) is 0 Å². The third kappa shape index (κ3) is 1.10. The van der Waals surface area contributed by atoms with Crippen LogP contribution in [0.4, 0.5) is 0 Å². The Balaban J connectivity index is 0.000000500. The van der Waals surface area contributed by atoms with E-state index in [1.165, 1.54) is 0 Å². The van der Waals surface area contributed by atoms with Gasteiger partial charge in [-0.1, -0.05) is 30.6 Å². The predicted molar refractivity (Wildman–Crippen MR) is 35.1 cm³/mol. The van der Waals surface area contributed by atoms with Crippen molar-refractivity contribution in [3.63, 3.8) is 0 Å². The molecule has 1 aromatic carbocycles. The zero-order valence-electron chi connectivity index (χ0n) is 5.49. The summed E-state index contributed by atoms with van der Waals surface area (Å²) in [5.74, 6) is 0. The standard InChI is InChI=1S/C7H5N2.Zn/c1-2-4-7-6(3-1)8-5-9-7;/h1-5H;/q-1;. The molecule has 0 bridgehead atoms. The summed E-state index contributed by atoms with van der Waals surface area (Å²) in [6.07, 6.45) is 1.57. The first kappa shape index (κ1) is 7.42. The maximum atomic E-state index is 4.01. The Kier molecular flexibility index (Phi) is 2.18. The molecule has 0 radical (unpaired) electrons. The van der Waals surface area contributed by atoms with Crippen LogP contribution in [0.1, 0.15) is 0 Å². The second-order valence-electron chi connectivity index (χ2n) is 1.86. The van der Waals surface area contributed by atoms with Crippen molar-refractivity contribution in [1.29, 1.82) is 0 Å².